The minimum atomic E-state index is -0.218. The van der Waals surface area contributed by atoms with E-state index in [0.717, 1.165) is 6.42 Å². The van der Waals surface area contributed by atoms with E-state index >= 15 is 0 Å². The second-order valence-corrected chi connectivity index (χ2v) is 2.05. The summed E-state index contributed by atoms with van der Waals surface area (Å²) in [6.07, 6.45) is 1.12. The maximum Gasteiger partial charge on any atom is 0.306 e. The van der Waals surface area contributed by atoms with E-state index in [1.54, 1.807) is 6.92 Å². The van der Waals surface area contributed by atoms with Crippen LogP contribution in [-0.2, 0) is 9.53 Å². The summed E-state index contributed by atoms with van der Waals surface area (Å²) in [4.78, 5) is 10.6. The average molecular weight is 129 g/mol. The molecule has 1 unspecified atom stereocenters. The van der Waals surface area contributed by atoms with Crippen LogP contribution in [0.25, 0.3) is 0 Å². The SMILES string of the molecule is [CH2]C(C)OC(=O)CCC. The molecule has 9 heavy (non-hydrogen) atoms. The summed E-state index contributed by atoms with van der Waals surface area (Å²) in [6.45, 7) is 7.20. The quantitative estimate of drug-likeness (QED) is 0.540. The Kier molecular flexibility index (Phi) is 4.10. The van der Waals surface area contributed by atoms with Crippen molar-refractivity contribution >= 4 is 5.97 Å². The Morgan fingerprint density at radius 2 is 2.33 bits per heavy atom. The molecule has 0 aromatic carbocycles. The molecule has 53 valence electrons. The lowest BCUT2D eigenvalue weighted by Crippen LogP contribution is -2.10. The molecule has 0 saturated heterocycles. The third-order valence-electron chi connectivity index (χ3n) is 0.787. The molecular weight excluding hydrogens is 116 g/mol. The Morgan fingerprint density at radius 3 is 2.67 bits per heavy atom. The first kappa shape index (κ1) is 8.47. The molecule has 0 heterocycles. The van der Waals surface area contributed by atoms with Gasteiger partial charge in [-0.3, -0.25) is 4.79 Å². The average Bonchev–Trinajstić information content (AvgIpc) is 1.63. The van der Waals surface area contributed by atoms with Crippen molar-refractivity contribution in [3.63, 3.8) is 0 Å². The van der Waals surface area contributed by atoms with Gasteiger partial charge in [-0.25, -0.2) is 0 Å². The van der Waals surface area contributed by atoms with Gasteiger partial charge >= 0.3 is 5.97 Å². The summed E-state index contributed by atoms with van der Waals surface area (Å²) in [5, 5.41) is 0. The zero-order chi connectivity index (χ0) is 7.28. The van der Waals surface area contributed by atoms with Crippen LogP contribution in [0.3, 0.4) is 0 Å². The van der Waals surface area contributed by atoms with Crippen LogP contribution in [0, 0.1) is 6.92 Å². The van der Waals surface area contributed by atoms with Crippen LogP contribution in [0.4, 0.5) is 0 Å². The molecule has 0 aromatic heterocycles. The third-order valence-corrected chi connectivity index (χ3v) is 0.787. The minimum absolute atomic E-state index is 0.153. The van der Waals surface area contributed by atoms with E-state index in [1.807, 2.05) is 6.92 Å². The highest BCUT2D eigenvalue weighted by Gasteiger charge is 2.01. The molecule has 1 atom stereocenters. The standard InChI is InChI=1S/C7H13O2/c1-4-5-7(8)9-6(2)3/h6H,2,4-5H2,1,3H3. The molecule has 0 saturated carbocycles. The molecule has 0 amide bonds. The van der Waals surface area contributed by atoms with E-state index < -0.39 is 0 Å². The molecular formula is C7H13O2. The Morgan fingerprint density at radius 1 is 1.78 bits per heavy atom. The fourth-order valence-corrected chi connectivity index (χ4v) is 0.487. The van der Waals surface area contributed by atoms with Crippen molar-refractivity contribution < 1.29 is 9.53 Å². The smallest absolute Gasteiger partial charge is 0.306 e. The first-order valence-electron chi connectivity index (χ1n) is 3.19. The van der Waals surface area contributed by atoms with E-state index in [0.29, 0.717) is 6.42 Å². The maximum absolute atomic E-state index is 10.6. The van der Waals surface area contributed by atoms with Gasteiger partial charge in [0.15, 0.2) is 0 Å². The Balaban J connectivity index is 3.27. The lowest BCUT2D eigenvalue weighted by molar-refractivity contribution is -0.146. The molecule has 0 aliphatic carbocycles. The zero-order valence-electron chi connectivity index (χ0n) is 6.02. The highest BCUT2D eigenvalue weighted by atomic mass is 16.5. The van der Waals surface area contributed by atoms with Crippen molar-refractivity contribution in [3.05, 3.63) is 6.92 Å². The fourth-order valence-electron chi connectivity index (χ4n) is 0.487. The van der Waals surface area contributed by atoms with Crippen LogP contribution in [0.5, 0.6) is 0 Å². The van der Waals surface area contributed by atoms with E-state index in [4.69, 9.17) is 4.74 Å². The van der Waals surface area contributed by atoms with E-state index in [-0.39, 0.29) is 12.1 Å². The highest BCUT2D eigenvalue weighted by molar-refractivity contribution is 5.69. The van der Waals surface area contributed by atoms with Crippen molar-refractivity contribution in [3.8, 4) is 0 Å². The summed E-state index contributed by atoms with van der Waals surface area (Å²) >= 11 is 0. The zero-order valence-corrected chi connectivity index (χ0v) is 6.02. The van der Waals surface area contributed by atoms with Crippen molar-refractivity contribution in [1.29, 1.82) is 0 Å². The number of ether oxygens (including phenoxy) is 1. The number of hydrogen-bond acceptors (Lipinski definition) is 2. The Labute approximate surface area is 56.2 Å². The number of hydrogen-bond donors (Lipinski definition) is 0. The van der Waals surface area contributed by atoms with Gasteiger partial charge in [-0.2, -0.15) is 0 Å². The summed E-state index contributed by atoms with van der Waals surface area (Å²) in [6, 6.07) is 0. The van der Waals surface area contributed by atoms with Crippen molar-refractivity contribution in [2.24, 2.45) is 0 Å². The van der Waals surface area contributed by atoms with Crippen LogP contribution in [-0.4, -0.2) is 12.1 Å². The lowest BCUT2D eigenvalue weighted by atomic mass is 10.3. The maximum atomic E-state index is 10.6. The molecule has 0 aromatic rings. The molecule has 0 bridgehead atoms. The number of carbonyl (C=O) groups is 1. The number of esters is 1. The van der Waals surface area contributed by atoms with Gasteiger partial charge in [0.2, 0.25) is 0 Å². The van der Waals surface area contributed by atoms with Gasteiger partial charge in [0.05, 0.1) is 6.10 Å². The van der Waals surface area contributed by atoms with Crippen LogP contribution < -0.4 is 0 Å². The topological polar surface area (TPSA) is 26.3 Å². The van der Waals surface area contributed by atoms with Crippen molar-refractivity contribution in [2.45, 2.75) is 32.8 Å². The van der Waals surface area contributed by atoms with E-state index in [9.17, 15) is 4.79 Å². The summed E-state index contributed by atoms with van der Waals surface area (Å²) in [5.74, 6) is -0.153. The predicted molar refractivity (Wildman–Crippen MR) is 35.8 cm³/mol. The molecule has 2 heteroatoms. The molecule has 1 radical (unpaired) electrons. The van der Waals surface area contributed by atoms with Gasteiger partial charge in [0.25, 0.3) is 0 Å². The molecule has 2 nitrogen and oxygen atoms in total. The first-order valence-corrected chi connectivity index (χ1v) is 3.19. The largest absolute Gasteiger partial charge is 0.463 e. The minimum Gasteiger partial charge on any atom is -0.463 e. The van der Waals surface area contributed by atoms with Crippen LogP contribution in [0.15, 0.2) is 0 Å². The first-order chi connectivity index (χ1) is 4.16. The molecule has 0 rings (SSSR count). The van der Waals surface area contributed by atoms with Gasteiger partial charge in [-0.15, -0.1) is 0 Å². The molecule has 0 fully saturated rings. The summed E-state index contributed by atoms with van der Waals surface area (Å²) < 4.78 is 4.74. The van der Waals surface area contributed by atoms with Gasteiger partial charge in [0, 0.05) is 6.42 Å². The van der Waals surface area contributed by atoms with Gasteiger partial charge in [0.1, 0.15) is 0 Å². The van der Waals surface area contributed by atoms with Crippen LogP contribution >= 0.6 is 0 Å². The molecule has 0 aliphatic heterocycles. The number of rotatable bonds is 3. The summed E-state index contributed by atoms with van der Waals surface area (Å²) in [7, 11) is 0. The predicted octanol–water partition coefficient (Wildman–Crippen LogP) is 1.55. The number of carbonyl (C=O) groups excluding carboxylic acids is 1. The third kappa shape index (κ3) is 5.34. The molecule has 0 N–H and O–H groups in total. The second-order valence-electron chi connectivity index (χ2n) is 2.05. The van der Waals surface area contributed by atoms with Gasteiger partial charge in [-0.05, 0) is 20.3 Å². The highest BCUT2D eigenvalue weighted by Crippen LogP contribution is 1.94. The normalized spacial score (nSPS) is 9.78. The fraction of sp³-hybridized carbons (Fsp3) is 0.714. The van der Waals surface area contributed by atoms with Crippen LogP contribution in [0.2, 0.25) is 0 Å². The second kappa shape index (κ2) is 4.36. The van der Waals surface area contributed by atoms with E-state index in [1.165, 1.54) is 0 Å². The van der Waals surface area contributed by atoms with Crippen molar-refractivity contribution in [2.75, 3.05) is 0 Å². The van der Waals surface area contributed by atoms with Crippen molar-refractivity contribution in [1.82, 2.24) is 0 Å². The van der Waals surface area contributed by atoms with Gasteiger partial charge in [-0.1, -0.05) is 6.92 Å². The lowest BCUT2D eigenvalue weighted by Gasteiger charge is -2.05. The van der Waals surface area contributed by atoms with Gasteiger partial charge < -0.3 is 4.74 Å². The summed E-state index contributed by atoms with van der Waals surface area (Å²) in [5.41, 5.74) is 0. The molecule has 0 spiro atoms. The Bertz CT molecular complexity index is 86.9. The van der Waals surface area contributed by atoms with E-state index in [2.05, 4.69) is 6.92 Å². The monoisotopic (exact) mass is 129 g/mol. The van der Waals surface area contributed by atoms with Crippen LogP contribution in [0.1, 0.15) is 26.7 Å². The Hall–Kier alpha value is -0.530. The molecule has 0 aliphatic rings.